The molecule has 1 aromatic heterocycles. The van der Waals surface area contributed by atoms with Gasteiger partial charge in [-0.05, 0) is 24.3 Å². The Morgan fingerprint density at radius 2 is 1.85 bits per heavy atom. The van der Waals surface area contributed by atoms with E-state index in [1.165, 1.54) is 7.11 Å². The van der Waals surface area contributed by atoms with Crippen molar-refractivity contribution in [3.8, 4) is 5.69 Å². The molecule has 0 aliphatic heterocycles. The number of nitrogens with zero attached hydrogens (tertiary/aromatic N) is 3. The van der Waals surface area contributed by atoms with Gasteiger partial charge in [0.2, 0.25) is 0 Å². The highest BCUT2D eigenvalue weighted by atomic mass is 35.5. The van der Waals surface area contributed by atoms with Crippen LogP contribution in [0.4, 0.5) is 17.6 Å². The number of hydrogen-bond donors (Lipinski definition) is 2. The van der Waals surface area contributed by atoms with Crippen molar-refractivity contribution in [2.24, 2.45) is 0 Å². The molecule has 150 valence electrons. The molecule has 0 atom stereocenters. The quantitative estimate of drug-likeness (QED) is 0.511. The largest absolute Gasteiger partial charge is 0.435 e. The van der Waals surface area contributed by atoms with Crippen molar-refractivity contribution >= 4 is 18.3 Å². The lowest BCUT2D eigenvalue weighted by atomic mass is 10.2. The monoisotopic (exact) mass is 411 g/mol. The second kappa shape index (κ2) is 10.2. The third kappa shape index (κ3) is 6.15. The molecule has 1 heterocycles. The fourth-order valence-electron chi connectivity index (χ4n) is 2.10. The highest BCUT2D eigenvalue weighted by Crippen LogP contribution is 2.32. The van der Waals surface area contributed by atoms with E-state index in [1.807, 2.05) is 0 Å². The molecule has 27 heavy (non-hydrogen) atoms. The molecule has 1 aromatic carbocycles. The average molecular weight is 412 g/mol. The number of aromatic nitrogens is 3. The Kier molecular flexibility index (Phi) is 8.60. The van der Waals surface area contributed by atoms with Gasteiger partial charge >= 0.3 is 6.18 Å². The summed E-state index contributed by atoms with van der Waals surface area (Å²) >= 11 is 0. The third-order valence-electron chi connectivity index (χ3n) is 3.30. The summed E-state index contributed by atoms with van der Waals surface area (Å²) in [6.07, 6.45) is -4.87. The lowest BCUT2D eigenvalue weighted by Crippen LogP contribution is -2.34. The van der Waals surface area contributed by atoms with Crippen molar-refractivity contribution in [3.05, 3.63) is 41.5 Å². The van der Waals surface area contributed by atoms with Gasteiger partial charge in [-0.1, -0.05) is 5.21 Å². The minimum Gasteiger partial charge on any atom is -0.383 e. The van der Waals surface area contributed by atoms with Crippen LogP contribution in [0.2, 0.25) is 0 Å². The Labute approximate surface area is 158 Å². The summed E-state index contributed by atoms with van der Waals surface area (Å²) in [5.41, 5.74) is -2.24. The Bertz CT molecular complexity index is 737. The molecular formula is C15H18ClF4N5O2. The molecular weight excluding hydrogens is 394 g/mol. The fraction of sp³-hybridized carbons (Fsp3) is 0.400. The number of nitrogens with one attached hydrogen (secondary N) is 2. The van der Waals surface area contributed by atoms with E-state index in [-0.39, 0.29) is 24.6 Å². The maximum Gasteiger partial charge on any atom is 0.435 e. The number of alkyl halides is 3. The predicted octanol–water partition coefficient (Wildman–Crippen LogP) is 1.81. The summed E-state index contributed by atoms with van der Waals surface area (Å²) in [6.45, 7) is 1.46. The van der Waals surface area contributed by atoms with Crippen LogP contribution in [0.3, 0.4) is 0 Å². The summed E-state index contributed by atoms with van der Waals surface area (Å²) in [5.74, 6) is -1.61. The van der Waals surface area contributed by atoms with Crippen molar-refractivity contribution in [2.45, 2.75) is 6.18 Å². The Hall–Kier alpha value is -2.24. The first kappa shape index (κ1) is 22.8. The maximum atomic E-state index is 13.4. The van der Waals surface area contributed by atoms with Gasteiger partial charge in [-0.15, -0.1) is 17.5 Å². The van der Waals surface area contributed by atoms with Gasteiger partial charge in [0.1, 0.15) is 5.82 Å². The first-order chi connectivity index (χ1) is 12.3. The summed E-state index contributed by atoms with van der Waals surface area (Å²) in [6, 6.07) is 4.20. The van der Waals surface area contributed by atoms with E-state index in [9.17, 15) is 22.4 Å². The maximum absolute atomic E-state index is 13.4. The topological polar surface area (TPSA) is 81.1 Å². The van der Waals surface area contributed by atoms with Gasteiger partial charge in [-0.2, -0.15) is 13.2 Å². The zero-order chi connectivity index (χ0) is 19.2. The summed E-state index contributed by atoms with van der Waals surface area (Å²) < 4.78 is 58.5. The number of hydrogen-bond acceptors (Lipinski definition) is 5. The first-order valence-corrected chi connectivity index (χ1v) is 7.61. The zero-order valence-corrected chi connectivity index (χ0v) is 15.0. The molecule has 0 unspecified atom stereocenters. The lowest BCUT2D eigenvalue weighted by Gasteiger charge is -2.11. The van der Waals surface area contributed by atoms with Crippen molar-refractivity contribution in [2.75, 3.05) is 33.4 Å². The molecule has 0 saturated carbocycles. The molecule has 0 aliphatic carbocycles. The van der Waals surface area contributed by atoms with Gasteiger partial charge in [0.05, 0.1) is 12.3 Å². The van der Waals surface area contributed by atoms with Gasteiger partial charge in [-0.25, -0.2) is 9.07 Å². The molecule has 1 amide bonds. The van der Waals surface area contributed by atoms with Gasteiger partial charge in [0.25, 0.3) is 5.91 Å². The van der Waals surface area contributed by atoms with Crippen LogP contribution in [0.1, 0.15) is 16.2 Å². The van der Waals surface area contributed by atoms with E-state index < -0.39 is 29.3 Å². The summed E-state index contributed by atoms with van der Waals surface area (Å²) in [5, 5.41) is 12.0. The van der Waals surface area contributed by atoms with Crippen LogP contribution in [0.15, 0.2) is 24.3 Å². The second-order valence-electron chi connectivity index (χ2n) is 5.17. The van der Waals surface area contributed by atoms with E-state index in [0.717, 1.165) is 24.3 Å². The highest BCUT2D eigenvalue weighted by Gasteiger charge is 2.41. The van der Waals surface area contributed by atoms with Crippen molar-refractivity contribution in [1.82, 2.24) is 25.6 Å². The van der Waals surface area contributed by atoms with Gasteiger partial charge in [-0.3, -0.25) is 4.79 Å². The van der Waals surface area contributed by atoms with Gasteiger partial charge in [0.15, 0.2) is 11.4 Å². The Balaban J connectivity index is 0.00000364. The van der Waals surface area contributed by atoms with Crippen LogP contribution in [-0.4, -0.2) is 54.3 Å². The molecule has 0 saturated heterocycles. The average Bonchev–Trinajstić information content (AvgIpc) is 3.04. The number of amides is 1. The van der Waals surface area contributed by atoms with Crippen LogP contribution < -0.4 is 10.6 Å². The van der Waals surface area contributed by atoms with Crippen LogP contribution in [0.5, 0.6) is 0 Å². The number of rotatable bonds is 8. The molecule has 0 fully saturated rings. The fourth-order valence-corrected chi connectivity index (χ4v) is 2.10. The molecule has 12 heteroatoms. The number of methoxy groups -OCH3 is 1. The van der Waals surface area contributed by atoms with Crippen LogP contribution in [0, 0.1) is 5.82 Å². The van der Waals surface area contributed by atoms with E-state index in [1.54, 1.807) is 0 Å². The molecule has 0 spiro atoms. The van der Waals surface area contributed by atoms with E-state index in [4.69, 9.17) is 4.74 Å². The lowest BCUT2D eigenvalue weighted by molar-refractivity contribution is -0.143. The number of carbonyl (C=O) groups is 1. The highest BCUT2D eigenvalue weighted by molar-refractivity contribution is 5.93. The molecule has 0 radical (unpaired) electrons. The van der Waals surface area contributed by atoms with E-state index in [0.29, 0.717) is 24.4 Å². The molecule has 2 rings (SSSR count). The molecule has 0 bridgehead atoms. The number of halogens is 5. The molecule has 7 nitrogen and oxygen atoms in total. The van der Waals surface area contributed by atoms with Crippen molar-refractivity contribution < 1.29 is 27.1 Å². The molecule has 0 aliphatic rings. The molecule has 2 N–H and O–H groups in total. The SMILES string of the molecule is COCCNCCNC(=O)c1nnn(-c2ccc(F)cc2)c1C(F)(F)F.Cl. The second-order valence-corrected chi connectivity index (χ2v) is 5.17. The summed E-state index contributed by atoms with van der Waals surface area (Å²) in [7, 11) is 1.53. The normalized spacial score (nSPS) is 11.1. The zero-order valence-electron chi connectivity index (χ0n) is 14.2. The number of benzene rings is 1. The minimum atomic E-state index is -4.87. The summed E-state index contributed by atoms with van der Waals surface area (Å²) in [4.78, 5) is 12.1. The Morgan fingerprint density at radius 1 is 1.19 bits per heavy atom. The number of carbonyl (C=O) groups excluding carboxylic acids is 1. The van der Waals surface area contributed by atoms with Gasteiger partial charge in [0, 0.05) is 26.7 Å². The number of ether oxygens (including phenoxy) is 1. The Morgan fingerprint density at radius 3 is 2.44 bits per heavy atom. The standard InChI is InChI=1S/C15H17F4N5O2.ClH/c1-26-9-8-20-6-7-21-14(25)12-13(15(17,18)19)24(23-22-12)11-4-2-10(16)3-5-11;/h2-5,20H,6-9H2,1H3,(H,21,25);1H. The van der Waals surface area contributed by atoms with E-state index >= 15 is 0 Å². The minimum absolute atomic E-state index is 0. The van der Waals surface area contributed by atoms with Gasteiger partial charge < -0.3 is 15.4 Å². The first-order valence-electron chi connectivity index (χ1n) is 7.61. The van der Waals surface area contributed by atoms with Crippen molar-refractivity contribution in [3.63, 3.8) is 0 Å². The van der Waals surface area contributed by atoms with Crippen LogP contribution in [0.25, 0.3) is 5.69 Å². The van der Waals surface area contributed by atoms with Crippen molar-refractivity contribution in [1.29, 1.82) is 0 Å². The van der Waals surface area contributed by atoms with Crippen LogP contribution >= 0.6 is 12.4 Å². The van der Waals surface area contributed by atoms with Crippen LogP contribution in [-0.2, 0) is 10.9 Å². The van der Waals surface area contributed by atoms with E-state index in [2.05, 4.69) is 20.9 Å². The molecule has 2 aromatic rings. The predicted molar refractivity (Wildman–Crippen MR) is 90.6 cm³/mol. The third-order valence-corrected chi connectivity index (χ3v) is 3.30. The smallest absolute Gasteiger partial charge is 0.383 e.